The normalized spacial score (nSPS) is 12.2. The Morgan fingerprint density at radius 1 is 1.08 bits per heavy atom. The first-order chi connectivity index (χ1) is 12.1. The van der Waals surface area contributed by atoms with Gasteiger partial charge in [-0.15, -0.1) is 0 Å². The molecule has 5 nitrogen and oxygen atoms in total. The van der Waals surface area contributed by atoms with Gasteiger partial charge in [0.25, 0.3) is 5.91 Å². The third-order valence-electron chi connectivity index (χ3n) is 3.64. The second kappa shape index (κ2) is 7.49. The Bertz CT molecular complexity index is 907. The fourth-order valence-corrected chi connectivity index (χ4v) is 2.37. The van der Waals surface area contributed by atoms with Crippen LogP contribution in [0.1, 0.15) is 12.7 Å². The lowest BCUT2D eigenvalue weighted by Crippen LogP contribution is -2.29. The van der Waals surface area contributed by atoms with Crippen molar-refractivity contribution in [3.05, 3.63) is 72.7 Å². The molecule has 3 rings (SSSR count). The van der Waals surface area contributed by atoms with E-state index in [1.807, 2.05) is 42.5 Å². The van der Waals surface area contributed by atoms with Gasteiger partial charge in [-0.1, -0.05) is 36.4 Å². The van der Waals surface area contributed by atoms with Crippen molar-refractivity contribution in [3.8, 4) is 0 Å². The molecule has 0 unspecified atom stereocenters. The number of esters is 1. The van der Waals surface area contributed by atoms with Crippen molar-refractivity contribution in [2.24, 2.45) is 0 Å². The number of benzene rings is 2. The van der Waals surface area contributed by atoms with Crippen LogP contribution in [0.5, 0.6) is 0 Å². The van der Waals surface area contributed by atoms with E-state index in [0.29, 0.717) is 11.4 Å². The zero-order valence-corrected chi connectivity index (χ0v) is 13.6. The van der Waals surface area contributed by atoms with Crippen LogP contribution in [-0.4, -0.2) is 18.0 Å². The van der Waals surface area contributed by atoms with Crippen LogP contribution in [-0.2, 0) is 14.3 Å². The molecule has 126 valence electrons. The molecule has 2 aromatic carbocycles. The summed E-state index contributed by atoms with van der Waals surface area (Å²) in [5.74, 6) is -0.474. The highest BCUT2D eigenvalue weighted by Crippen LogP contribution is 2.23. The van der Waals surface area contributed by atoms with Crippen molar-refractivity contribution >= 4 is 34.4 Å². The fourth-order valence-electron chi connectivity index (χ4n) is 2.37. The molecule has 0 bridgehead atoms. The molecule has 0 aliphatic heterocycles. The summed E-state index contributed by atoms with van der Waals surface area (Å²) in [4.78, 5) is 24.1. The summed E-state index contributed by atoms with van der Waals surface area (Å²) < 4.78 is 10.2. The molecule has 3 aromatic rings. The third kappa shape index (κ3) is 4.14. The molecular formula is C20H17NO4. The van der Waals surface area contributed by atoms with E-state index in [4.69, 9.17) is 9.15 Å². The van der Waals surface area contributed by atoms with Crippen molar-refractivity contribution in [1.82, 2.24) is 0 Å². The summed E-state index contributed by atoms with van der Waals surface area (Å²) in [5.41, 5.74) is 0.678. The van der Waals surface area contributed by atoms with Crippen molar-refractivity contribution in [2.75, 3.05) is 5.32 Å². The molecule has 0 radical (unpaired) electrons. The molecule has 1 atom stereocenters. The number of carbonyl (C=O) groups is 2. The molecule has 0 fully saturated rings. The molecular weight excluding hydrogens is 318 g/mol. The zero-order chi connectivity index (χ0) is 17.6. The maximum atomic E-state index is 12.3. The number of nitrogens with one attached hydrogen (secondary N) is 1. The highest BCUT2D eigenvalue weighted by Gasteiger charge is 2.17. The zero-order valence-electron chi connectivity index (χ0n) is 13.6. The second-order valence-electron chi connectivity index (χ2n) is 5.44. The minimum Gasteiger partial charge on any atom is -0.465 e. The third-order valence-corrected chi connectivity index (χ3v) is 3.64. The molecule has 0 aliphatic carbocycles. The van der Waals surface area contributed by atoms with Gasteiger partial charge in [0.05, 0.1) is 6.26 Å². The number of fused-ring (bicyclic) bond motifs is 1. The van der Waals surface area contributed by atoms with Gasteiger partial charge in [0.15, 0.2) is 6.10 Å². The number of anilines is 1. The van der Waals surface area contributed by atoms with Gasteiger partial charge in [0.2, 0.25) is 0 Å². The van der Waals surface area contributed by atoms with Gasteiger partial charge >= 0.3 is 5.97 Å². The average molecular weight is 335 g/mol. The predicted molar refractivity (Wildman–Crippen MR) is 95.9 cm³/mol. The maximum absolute atomic E-state index is 12.3. The monoisotopic (exact) mass is 335 g/mol. The topological polar surface area (TPSA) is 68.5 Å². The van der Waals surface area contributed by atoms with Crippen molar-refractivity contribution in [3.63, 3.8) is 0 Å². The largest absolute Gasteiger partial charge is 0.465 e. The number of furan rings is 1. The molecule has 5 heteroatoms. The Hall–Kier alpha value is -3.34. The number of hydrogen-bond acceptors (Lipinski definition) is 4. The molecule has 1 heterocycles. The number of carbonyl (C=O) groups excluding carboxylic acids is 2. The second-order valence-corrected chi connectivity index (χ2v) is 5.44. The first kappa shape index (κ1) is 16.5. The van der Waals surface area contributed by atoms with Crippen LogP contribution in [0.15, 0.2) is 71.4 Å². The van der Waals surface area contributed by atoms with Gasteiger partial charge in [0.1, 0.15) is 5.76 Å². The standard InChI is InChI=1S/C20H17NO4/c1-14(25-19(22)12-11-16-8-5-13-24-16)20(23)21-18-10-4-7-15-6-2-3-9-17(15)18/h2-14H,1H3,(H,21,23)/b12-11+/t14-/m0/s1. The quantitative estimate of drug-likeness (QED) is 0.565. The average Bonchev–Trinajstić information content (AvgIpc) is 3.14. The lowest BCUT2D eigenvalue weighted by atomic mass is 10.1. The molecule has 0 spiro atoms. The lowest BCUT2D eigenvalue weighted by Gasteiger charge is -2.13. The summed E-state index contributed by atoms with van der Waals surface area (Å²) in [6, 6.07) is 16.8. The summed E-state index contributed by atoms with van der Waals surface area (Å²) in [6.45, 7) is 1.53. The SMILES string of the molecule is C[C@H](OC(=O)/C=C/c1ccco1)C(=O)Nc1cccc2ccccc12. The Labute approximate surface area is 144 Å². The van der Waals surface area contributed by atoms with Crippen molar-refractivity contribution in [1.29, 1.82) is 0 Å². The van der Waals surface area contributed by atoms with Crippen LogP contribution >= 0.6 is 0 Å². The van der Waals surface area contributed by atoms with Crippen molar-refractivity contribution in [2.45, 2.75) is 13.0 Å². The Kier molecular flexibility index (Phi) is 4.95. The van der Waals surface area contributed by atoms with E-state index in [9.17, 15) is 9.59 Å². The molecule has 1 aromatic heterocycles. The van der Waals surface area contributed by atoms with E-state index in [1.54, 1.807) is 12.1 Å². The van der Waals surface area contributed by atoms with Crippen LogP contribution in [0, 0.1) is 0 Å². The van der Waals surface area contributed by atoms with Gasteiger partial charge in [-0.3, -0.25) is 4.79 Å². The molecule has 0 saturated carbocycles. The lowest BCUT2D eigenvalue weighted by molar-refractivity contribution is -0.148. The molecule has 1 amide bonds. The minimum atomic E-state index is -0.923. The Morgan fingerprint density at radius 3 is 2.68 bits per heavy atom. The van der Waals surface area contributed by atoms with Gasteiger partial charge < -0.3 is 14.5 Å². The molecule has 25 heavy (non-hydrogen) atoms. The van der Waals surface area contributed by atoms with Crippen molar-refractivity contribution < 1.29 is 18.7 Å². The number of ether oxygens (including phenoxy) is 1. The first-order valence-electron chi connectivity index (χ1n) is 7.84. The van der Waals surface area contributed by atoms with Crippen LogP contribution in [0.4, 0.5) is 5.69 Å². The molecule has 1 N–H and O–H groups in total. The first-order valence-corrected chi connectivity index (χ1v) is 7.84. The maximum Gasteiger partial charge on any atom is 0.331 e. The highest BCUT2D eigenvalue weighted by atomic mass is 16.5. The van der Waals surface area contributed by atoms with Gasteiger partial charge in [-0.05, 0) is 36.6 Å². The van der Waals surface area contributed by atoms with Gasteiger partial charge in [0, 0.05) is 17.1 Å². The summed E-state index contributed by atoms with van der Waals surface area (Å²) in [5, 5.41) is 4.75. The predicted octanol–water partition coefficient (Wildman–Crippen LogP) is 4.02. The van der Waals surface area contributed by atoms with Crippen LogP contribution in [0.2, 0.25) is 0 Å². The summed E-state index contributed by atoms with van der Waals surface area (Å²) >= 11 is 0. The highest BCUT2D eigenvalue weighted by molar-refractivity contribution is 6.04. The molecule has 0 aliphatic rings. The van der Waals surface area contributed by atoms with E-state index in [2.05, 4.69) is 5.32 Å². The van der Waals surface area contributed by atoms with Gasteiger partial charge in [-0.2, -0.15) is 0 Å². The van der Waals surface area contributed by atoms with E-state index >= 15 is 0 Å². The Morgan fingerprint density at radius 2 is 1.88 bits per heavy atom. The summed E-state index contributed by atoms with van der Waals surface area (Å²) in [7, 11) is 0. The van der Waals surface area contributed by atoms with E-state index in [1.165, 1.54) is 25.3 Å². The Balaban J connectivity index is 1.63. The van der Waals surface area contributed by atoms with Gasteiger partial charge in [-0.25, -0.2) is 4.79 Å². The fraction of sp³-hybridized carbons (Fsp3) is 0.100. The van der Waals surface area contributed by atoms with E-state index in [-0.39, 0.29) is 0 Å². The number of hydrogen-bond donors (Lipinski definition) is 1. The summed E-state index contributed by atoms with van der Waals surface area (Å²) in [6.07, 6.45) is 3.29. The van der Waals surface area contributed by atoms with Crippen LogP contribution < -0.4 is 5.32 Å². The smallest absolute Gasteiger partial charge is 0.331 e. The van der Waals surface area contributed by atoms with Crippen LogP contribution in [0.3, 0.4) is 0 Å². The molecule has 0 saturated heterocycles. The van der Waals surface area contributed by atoms with E-state index in [0.717, 1.165) is 10.8 Å². The van der Waals surface area contributed by atoms with Crippen LogP contribution in [0.25, 0.3) is 16.8 Å². The number of rotatable bonds is 5. The van der Waals surface area contributed by atoms with E-state index < -0.39 is 18.0 Å². The minimum absolute atomic E-state index is 0.392. The number of amides is 1.